The SMILES string of the molecule is CN(C)C(CNC(=O)CCC(=O)N(CCC#N)c1ccccc1)Cc1ccccc1. The van der Waals surface area contributed by atoms with Crippen molar-refractivity contribution in [2.45, 2.75) is 31.7 Å². The Kier molecular flexibility index (Phi) is 9.56. The second-order valence-corrected chi connectivity index (χ2v) is 7.40. The summed E-state index contributed by atoms with van der Waals surface area (Å²) < 4.78 is 0. The van der Waals surface area contributed by atoms with E-state index in [1.807, 2.05) is 62.6 Å². The Morgan fingerprint density at radius 2 is 1.63 bits per heavy atom. The zero-order valence-electron chi connectivity index (χ0n) is 17.8. The van der Waals surface area contributed by atoms with Gasteiger partial charge in [0.1, 0.15) is 0 Å². The standard InChI is InChI=1S/C24H30N4O2/c1-27(2)22(18-20-10-5-3-6-11-20)19-26-23(29)14-15-24(30)28(17-9-16-25)21-12-7-4-8-13-21/h3-8,10-13,22H,9,14-15,17-19H2,1-2H3,(H,26,29). The molecule has 0 heterocycles. The maximum absolute atomic E-state index is 12.7. The van der Waals surface area contributed by atoms with Crippen LogP contribution in [0.25, 0.3) is 0 Å². The van der Waals surface area contributed by atoms with Gasteiger partial charge in [-0.25, -0.2) is 0 Å². The van der Waals surface area contributed by atoms with Crippen LogP contribution in [-0.4, -0.2) is 49.9 Å². The van der Waals surface area contributed by atoms with E-state index in [2.05, 4.69) is 28.4 Å². The van der Waals surface area contributed by atoms with Crippen LogP contribution in [0.1, 0.15) is 24.8 Å². The Balaban J connectivity index is 1.85. The Hall–Kier alpha value is -3.17. The number of nitriles is 1. The molecule has 0 fully saturated rings. The quantitative estimate of drug-likeness (QED) is 0.622. The average Bonchev–Trinajstić information content (AvgIpc) is 2.76. The molecule has 158 valence electrons. The molecule has 0 aliphatic heterocycles. The smallest absolute Gasteiger partial charge is 0.227 e. The second-order valence-electron chi connectivity index (χ2n) is 7.40. The normalized spacial score (nSPS) is 11.5. The summed E-state index contributed by atoms with van der Waals surface area (Å²) in [6.07, 6.45) is 1.32. The van der Waals surface area contributed by atoms with Gasteiger partial charge < -0.3 is 15.1 Å². The van der Waals surface area contributed by atoms with E-state index < -0.39 is 0 Å². The van der Waals surface area contributed by atoms with Crippen molar-refractivity contribution < 1.29 is 9.59 Å². The van der Waals surface area contributed by atoms with Gasteiger partial charge in [0.2, 0.25) is 11.8 Å². The number of carbonyl (C=O) groups is 2. The van der Waals surface area contributed by atoms with Gasteiger partial charge in [0.05, 0.1) is 12.5 Å². The lowest BCUT2D eigenvalue weighted by molar-refractivity contribution is -0.125. The first kappa shape index (κ1) is 23.1. The summed E-state index contributed by atoms with van der Waals surface area (Å²) in [5, 5.41) is 11.8. The van der Waals surface area contributed by atoms with Gasteiger partial charge >= 0.3 is 0 Å². The molecule has 6 nitrogen and oxygen atoms in total. The molecule has 2 aromatic carbocycles. The third-order valence-electron chi connectivity index (χ3n) is 4.96. The van der Waals surface area contributed by atoms with Crippen LogP contribution in [0.3, 0.4) is 0 Å². The van der Waals surface area contributed by atoms with Crippen LogP contribution >= 0.6 is 0 Å². The van der Waals surface area contributed by atoms with Gasteiger partial charge in [0, 0.05) is 37.7 Å². The van der Waals surface area contributed by atoms with Gasteiger partial charge in [-0.15, -0.1) is 0 Å². The van der Waals surface area contributed by atoms with Crippen LogP contribution in [0, 0.1) is 11.3 Å². The summed E-state index contributed by atoms with van der Waals surface area (Å²) in [5.41, 5.74) is 1.96. The highest BCUT2D eigenvalue weighted by molar-refractivity contribution is 5.95. The predicted molar refractivity (Wildman–Crippen MR) is 119 cm³/mol. The fourth-order valence-corrected chi connectivity index (χ4v) is 3.17. The van der Waals surface area contributed by atoms with Crippen LogP contribution in [0.2, 0.25) is 0 Å². The molecule has 0 aliphatic rings. The van der Waals surface area contributed by atoms with Gasteiger partial charge in [-0.1, -0.05) is 48.5 Å². The highest BCUT2D eigenvalue weighted by Crippen LogP contribution is 2.15. The molecular formula is C24H30N4O2. The zero-order valence-corrected chi connectivity index (χ0v) is 17.8. The number of nitrogens with one attached hydrogen (secondary N) is 1. The topological polar surface area (TPSA) is 76.4 Å². The molecule has 1 N–H and O–H groups in total. The van der Waals surface area contributed by atoms with E-state index in [0.717, 1.165) is 12.1 Å². The Labute approximate surface area is 179 Å². The van der Waals surface area contributed by atoms with Gasteiger partial charge in [0.15, 0.2) is 0 Å². The van der Waals surface area contributed by atoms with Crippen LogP contribution in [0.15, 0.2) is 60.7 Å². The third kappa shape index (κ3) is 7.69. The molecular weight excluding hydrogens is 376 g/mol. The Morgan fingerprint density at radius 3 is 2.23 bits per heavy atom. The lowest BCUT2D eigenvalue weighted by atomic mass is 10.1. The van der Waals surface area contributed by atoms with Crippen molar-refractivity contribution in [1.29, 1.82) is 5.26 Å². The number of para-hydroxylation sites is 1. The van der Waals surface area contributed by atoms with Crippen LogP contribution in [-0.2, 0) is 16.0 Å². The molecule has 2 rings (SSSR count). The molecule has 30 heavy (non-hydrogen) atoms. The summed E-state index contributed by atoms with van der Waals surface area (Å²) in [5.74, 6) is -0.295. The Bertz CT molecular complexity index is 831. The molecule has 1 unspecified atom stereocenters. The summed E-state index contributed by atoms with van der Waals surface area (Å²) >= 11 is 0. The lowest BCUT2D eigenvalue weighted by Gasteiger charge is -2.25. The summed E-state index contributed by atoms with van der Waals surface area (Å²) in [4.78, 5) is 28.7. The average molecular weight is 407 g/mol. The molecule has 0 aliphatic carbocycles. The summed E-state index contributed by atoms with van der Waals surface area (Å²) in [6, 6.07) is 21.7. The number of nitrogens with zero attached hydrogens (tertiary/aromatic N) is 3. The van der Waals surface area contributed by atoms with Crippen molar-refractivity contribution in [3.05, 3.63) is 66.2 Å². The number of hydrogen-bond acceptors (Lipinski definition) is 4. The first-order valence-electron chi connectivity index (χ1n) is 10.2. The maximum Gasteiger partial charge on any atom is 0.227 e. The molecule has 2 aromatic rings. The number of anilines is 1. The van der Waals surface area contributed by atoms with Crippen LogP contribution in [0.4, 0.5) is 5.69 Å². The minimum absolute atomic E-state index is 0.109. The summed E-state index contributed by atoms with van der Waals surface area (Å²) in [7, 11) is 3.99. The maximum atomic E-state index is 12.7. The van der Waals surface area contributed by atoms with Crippen molar-refractivity contribution in [3.63, 3.8) is 0 Å². The third-order valence-corrected chi connectivity index (χ3v) is 4.96. The molecule has 0 spiro atoms. The molecule has 0 radical (unpaired) electrons. The minimum Gasteiger partial charge on any atom is -0.355 e. The molecule has 1 atom stereocenters. The lowest BCUT2D eigenvalue weighted by Crippen LogP contribution is -2.42. The molecule has 0 saturated carbocycles. The first-order valence-corrected chi connectivity index (χ1v) is 10.2. The molecule has 0 saturated heterocycles. The van der Waals surface area contributed by atoms with Crippen molar-refractivity contribution in [2.75, 3.05) is 32.1 Å². The zero-order chi connectivity index (χ0) is 21.8. The molecule has 0 aromatic heterocycles. The highest BCUT2D eigenvalue weighted by atomic mass is 16.2. The van der Waals surface area contributed by atoms with E-state index in [9.17, 15) is 9.59 Å². The highest BCUT2D eigenvalue weighted by Gasteiger charge is 2.18. The molecule has 2 amide bonds. The number of hydrogen-bond donors (Lipinski definition) is 1. The van der Waals surface area contributed by atoms with Gasteiger partial charge in [-0.3, -0.25) is 9.59 Å². The number of amides is 2. The second kappa shape index (κ2) is 12.4. The number of benzene rings is 2. The van der Waals surface area contributed by atoms with E-state index in [-0.39, 0.29) is 37.1 Å². The van der Waals surface area contributed by atoms with Crippen molar-refractivity contribution in [1.82, 2.24) is 10.2 Å². The fourth-order valence-electron chi connectivity index (χ4n) is 3.17. The van der Waals surface area contributed by atoms with E-state index in [4.69, 9.17) is 5.26 Å². The molecule has 6 heteroatoms. The fraction of sp³-hybridized carbons (Fsp3) is 0.375. The summed E-state index contributed by atoms with van der Waals surface area (Å²) in [6.45, 7) is 0.840. The van der Waals surface area contributed by atoms with E-state index >= 15 is 0 Å². The minimum atomic E-state index is -0.153. The number of likely N-dealkylation sites (N-methyl/N-ethyl adjacent to an activating group) is 1. The predicted octanol–water partition coefficient (Wildman–Crippen LogP) is 3.00. The van der Waals surface area contributed by atoms with E-state index in [0.29, 0.717) is 13.1 Å². The van der Waals surface area contributed by atoms with Gasteiger partial charge in [-0.05, 0) is 38.2 Å². The number of carbonyl (C=O) groups excluding carboxylic acids is 2. The van der Waals surface area contributed by atoms with Crippen molar-refractivity contribution in [2.24, 2.45) is 0 Å². The Morgan fingerprint density at radius 1 is 1.00 bits per heavy atom. The van der Waals surface area contributed by atoms with Crippen molar-refractivity contribution in [3.8, 4) is 6.07 Å². The monoisotopic (exact) mass is 406 g/mol. The van der Waals surface area contributed by atoms with E-state index in [1.165, 1.54) is 5.56 Å². The number of rotatable bonds is 11. The first-order chi connectivity index (χ1) is 14.5. The van der Waals surface area contributed by atoms with Gasteiger partial charge in [0.25, 0.3) is 0 Å². The van der Waals surface area contributed by atoms with E-state index in [1.54, 1.807) is 4.90 Å². The van der Waals surface area contributed by atoms with Crippen molar-refractivity contribution >= 4 is 17.5 Å². The molecule has 0 bridgehead atoms. The van der Waals surface area contributed by atoms with Gasteiger partial charge in [-0.2, -0.15) is 5.26 Å². The largest absolute Gasteiger partial charge is 0.355 e. The van der Waals surface area contributed by atoms with Crippen LogP contribution in [0.5, 0.6) is 0 Å². The van der Waals surface area contributed by atoms with Crippen LogP contribution < -0.4 is 10.2 Å².